The highest BCUT2D eigenvalue weighted by Gasteiger charge is 2.23. The van der Waals surface area contributed by atoms with Crippen LogP contribution in [0.2, 0.25) is 0 Å². The Hall–Kier alpha value is -2.90. The molecule has 0 unspecified atom stereocenters. The molecule has 2 aromatic heterocycles. The molecule has 8 nitrogen and oxygen atoms in total. The van der Waals surface area contributed by atoms with Crippen LogP contribution in [-0.4, -0.2) is 58.1 Å². The highest BCUT2D eigenvalue weighted by Crippen LogP contribution is 2.21. The summed E-state index contributed by atoms with van der Waals surface area (Å²) in [6.07, 6.45) is 5.74. The second kappa shape index (κ2) is 9.16. The molecule has 1 saturated heterocycles. The predicted molar refractivity (Wildman–Crippen MR) is 99.9 cm³/mol. The molecule has 0 saturated carbocycles. The highest BCUT2D eigenvalue weighted by molar-refractivity contribution is 5.78. The summed E-state index contributed by atoms with van der Waals surface area (Å²) in [6.45, 7) is 3.87. The van der Waals surface area contributed by atoms with Crippen molar-refractivity contribution in [3.8, 4) is 17.1 Å². The Balaban J connectivity index is 1.45. The quantitative estimate of drug-likeness (QED) is 0.770. The first-order valence-electron chi connectivity index (χ1n) is 9.22. The third kappa shape index (κ3) is 5.54. The maximum Gasteiger partial charge on any atom is 0.224 e. The topological polar surface area (TPSA) is 100 Å². The van der Waals surface area contributed by atoms with Gasteiger partial charge in [0.15, 0.2) is 0 Å². The third-order valence-corrected chi connectivity index (χ3v) is 4.58. The Morgan fingerprint density at radius 1 is 1.37 bits per heavy atom. The number of carbonyl (C=O) groups is 2. The zero-order valence-corrected chi connectivity index (χ0v) is 15.5. The molecule has 2 aromatic rings. The molecule has 0 spiro atoms. The summed E-state index contributed by atoms with van der Waals surface area (Å²) >= 11 is 0. The lowest BCUT2D eigenvalue weighted by Crippen LogP contribution is -2.42. The number of carbonyl (C=O) groups excluding carboxylic acids is 2. The molecule has 2 amide bonds. The minimum atomic E-state index is -0.111. The van der Waals surface area contributed by atoms with Crippen LogP contribution in [0.5, 0.6) is 5.75 Å². The van der Waals surface area contributed by atoms with Crippen LogP contribution in [0.3, 0.4) is 0 Å². The molecular formula is C19H25N5O3. The van der Waals surface area contributed by atoms with Crippen molar-refractivity contribution in [3.05, 3.63) is 30.6 Å². The first kappa shape index (κ1) is 18.9. The van der Waals surface area contributed by atoms with Crippen molar-refractivity contribution in [3.63, 3.8) is 0 Å². The number of aromatic amines is 1. The molecule has 3 heterocycles. The van der Waals surface area contributed by atoms with Gasteiger partial charge in [0, 0.05) is 45.1 Å². The van der Waals surface area contributed by atoms with Crippen molar-refractivity contribution in [2.45, 2.75) is 26.2 Å². The van der Waals surface area contributed by atoms with Crippen LogP contribution < -0.4 is 10.1 Å². The van der Waals surface area contributed by atoms with Crippen molar-refractivity contribution in [2.24, 2.45) is 5.92 Å². The van der Waals surface area contributed by atoms with Crippen LogP contribution in [0.25, 0.3) is 11.4 Å². The average Bonchev–Trinajstić information content (AvgIpc) is 3.21. The summed E-state index contributed by atoms with van der Waals surface area (Å²) in [6, 6.07) is 5.65. The van der Waals surface area contributed by atoms with E-state index in [9.17, 15) is 9.59 Å². The summed E-state index contributed by atoms with van der Waals surface area (Å²) in [5.74, 6) is 0.988. The van der Waals surface area contributed by atoms with E-state index >= 15 is 0 Å². The average molecular weight is 371 g/mol. The molecule has 1 aliphatic rings. The number of ether oxygens (including phenoxy) is 1. The molecule has 0 bridgehead atoms. The Bertz CT molecular complexity index is 745. The standard InChI is InChI=1S/C19H25N5O3/c1-14(25)20-8-7-19(26)24-10-2-3-15(12-24)13-27-16-4-5-17(21-11-16)18-6-9-22-23-18/h4-6,9,11,15H,2-3,7-8,10,12-13H2,1H3,(H,20,25)(H,22,23)/t15-/m1/s1. The maximum atomic E-state index is 12.3. The second-order valence-electron chi connectivity index (χ2n) is 6.74. The summed E-state index contributed by atoms with van der Waals surface area (Å²) < 4.78 is 5.88. The normalized spacial score (nSPS) is 16.8. The van der Waals surface area contributed by atoms with Gasteiger partial charge in [0.05, 0.1) is 24.2 Å². The van der Waals surface area contributed by atoms with Gasteiger partial charge < -0.3 is 15.0 Å². The Labute approximate surface area is 158 Å². The van der Waals surface area contributed by atoms with E-state index in [0.29, 0.717) is 37.8 Å². The van der Waals surface area contributed by atoms with E-state index in [2.05, 4.69) is 20.5 Å². The van der Waals surface area contributed by atoms with Gasteiger partial charge in [-0.15, -0.1) is 0 Å². The van der Waals surface area contributed by atoms with E-state index in [4.69, 9.17) is 4.74 Å². The van der Waals surface area contributed by atoms with E-state index in [1.54, 1.807) is 12.4 Å². The summed E-state index contributed by atoms with van der Waals surface area (Å²) in [5.41, 5.74) is 1.68. The molecule has 0 aromatic carbocycles. The van der Waals surface area contributed by atoms with Crippen LogP contribution >= 0.6 is 0 Å². The molecule has 0 aliphatic carbocycles. The van der Waals surface area contributed by atoms with Crippen molar-refractivity contribution >= 4 is 11.8 Å². The number of piperidine rings is 1. The van der Waals surface area contributed by atoms with Gasteiger partial charge in [-0.05, 0) is 31.0 Å². The number of H-pyrrole nitrogens is 1. The molecule has 0 radical (unpaired) electrons. The Kier molecular flexibility index (Phi) is 6.40. The van der Waals surface area contributed by atoms with Crippen LogP contribution in [0.15, 0.2) is 30.6 Å². The highest BCUT2D eigenvalue weighted by atomic mass is 16.5. The number of rotatable bonds is 7. The van der Waals surface area contributed by atoms with Gasteiger partial charge in [-0.1, -0.05) is 0 Å². The van der Waals surface area contributed by atoms with E-state index in [1.165, 1.54) is 6.92 Å². The van der Waals surface area contributed by atoms with E-state index in [0.717, 1.165) is 30.8 Å². The molecule has 1 fully saturated rings. The van der Waals surface area contributed by atoms with Crippen LogP contribution in [0.1, 0.15) is 26.2 Å². The smallest absolute Gasteiger partial charge is 0.224 e. The zero-order valence-electron chi connectivity index (χ0n) is 15.5. The molecule has 27 heavy (non-hydrogen) atoms. The number of pyridine rings is 1. The lowest BCUT2D eigenvalue weighted by molar-refractivity contribution is -0.133. The Morgan fingerprint density at radius 2 is 2.26 bits per heavy atom. The van der Waals surface area contributed by atoms with E-state index in [-0.39, 0.29) is 11.8 Å². The molecule has 2 N–H and O–H groups in total. The van der Waals surface area contributed by atoms with E-state index in [1.807, 2.05) is 23.1 Å². The fourth-order valence-electron chi connectivity index (χ4n) is 3.17. The third-order valence-electron chi connectivity index (χ3n) is 4.58. The van der Waals surface area contributed by atoms with Crippen molar-refractivity contribution in [1.82, 2.24) is 25.4 Å². The minimum Gasteiger partial charge on any atom is -0.492 e. The van der Waals surface area contributed by atoms with Gasteiger partial charge in [0.25, 0.3) is 0 Å². The van der Waals surface area contributed by atoms with Gasteiger partial charge >= 0.3 is 0 Å². The summed E-state index contributed by atoms with van der Waals surface area (Å²) in [5, 5.41) is 9.46. The van der Waals surface area contributed by atoms with Crippen molar-refractivity contribution in [2.75, 3.05) is 26.2 Å². The number of aromatic nitrogens is 3. The second-order valence-corrected chi connectivity index (χ2v) is 6.74. The van der Waals surface area contributed by atoms with E-state index < -0.39 is 0 Å². The van der Waals surface area contributed by atoms with Crippen LogP contribution in [0.4, 0.5) is 0 Å². The maximum absolute atomic E-state index is 12.3. The van der Waals surface area contributed by atoms with Gasteiger partial charge in [-0.3, -0.25) is 19.7 Å². The first-order valence-corrected chi connectivity index (χ1v) is 9.22. The number of nitrogens with zero attached hydrogens (tertiary/aromatic N) is 3. The number of nitrogens with one attached hydrogen (secondary N) is 2. The van der Waals surface area contributed by atoms with Gasteiger partial charge in [0.1, 0.15) is 5.75 Å². The molecule has 144 valence electrons. The Morgan fingerprint density at radius 3 is 2.96 bits per heavy atom. The SMILES string of the molecule is CC(=O)NCCC(=O)N1CCC[C@@H](COc2ccc(-c3ccn[nH]3)nc2)C1. The predicted octanol–water partition coefficient (Wildman–Crippen LogP) is 1.62. The largest absolute Gasteiger partial charge is 0.492 e. The minimum absolute atomic E-state index is 0.0824. The van der Waals surface area contributed by atoms with Crippen LogP contribution in [-0.2, 0) is 9.59 Å². The van der Waals surface area contributed by atoms with Crippen molar-refractivity contribution < 1.29 is 14.3 Å². The number of hydrogen-bond acceptors (Lipinski definition) is 5. The summed E-state index contributed by atoms with van der Waals surface area (Å²) in [4.78, 5) is 29.4. The zero-order chi connectivity index (χ0) is 19.1. The first-order chi connectivity index (χ1) is 13.1. The molecule has 1 atom stereocenters. The monoisotopic (exact) mass is 371 g/mol. The lowest BCUT2D eigenvalue weighted by atomic mass is 9.98. The van der Waals surface area contributed by atoms with Crippen LogP contribution in [0, 0.1) is 5.92 Å². The number of amides is 2. The van der Waals surface area contributed by atoms with Gasteiger partial charge in [0.2, 0.25) is 11.8 Å². The van der Waals surface area contributed by atoms with Crippen molar-refractivity contribution in [1.29, 1.82) is 0 Å². The molecule has 1 aliphatic heterocycles. The summed E-state index contributed by atoms with van der Waals surface area (Å²) in [7, 11) is 0. The molecule has 8 heteroatoms. The van der Waals surface area contributed by atoms with Gasteiger partial charge in [-0.25, -0.2) is 0 Å². The number of likely N-dealkylation sites (tertiary alicyclic amines) is 1. The fourth-order valence-corrected chi connectivity index (χ4v) is 3.17. The molecular weight excluding hydrogens is 346 g/mol. The lowest BCUT2D eigenvalue weighted by Gasteiger charge is -2.32. The molecule has 3 rings (SSSR count). The van der Waals surface area contributed by atoms with Gasteiger partial charge in [-0.2, -0.15) is 5.10 Å². The fraction of sp³-hybridized carbons (Fsp3) is 0.474. The number of hydrogen-bond donors (Lipinski definition) is 2.